The van der Waals surface area contributed by atoms with Gasteiger partial charge in [-0.15, -0.1) is 56.7 Å². The topological polar surface area (TPSA) is 367 Å². The lowest BCUT2D eigenvalue weighted by molar-refractivity contribution is -0.119. The van der Waals surface area contributed by atoms with Gasteiger partial charge in [0.2, 0.25) is 29.5 Å². The Kier molecular flexibility index (Phi) is 39.7. The fourth-order valence-corrected chi connectivity index (χ4v) is 22.0. The summed E-state index contributed by atoms with van der Waals surface area (Å²) >= 11 is 31.2. The summed E-state index contributed by atoms with van der Waals surface area (Å²) in [7, 11) is 0. The molecule has 34 heteroatoms. The van der Waals surface area contributed by atoms with Crippen LogP contribution in [0.5, 0.6) is 0 Å². The van der Waals surface area contributed by atoms with Crippen LogP contribution in [0.15, 0.2) is 192 Å². The van der Waals surface area contributed by atoms with Crippen molar-refractivity contribution in [2.24, 2.45) is 22.9 Å². The molecule has 1 saturated heterocycles. The van der Waals surface area contributed by atoms with E-state index < -0.39 is 17.7 Å². The van der Waals surface area contributed by atoms with Crippen LogP contribution in [0.3, 0.4) is 0 Å². The minimum atomic E-state index is -0.491. The van der Waals surface area contributed by atoms with E-state index in [9.17, 15) is 47.4 Å². The molecule has 1 aliphatic heterocycles. The molecule has 0 radical (unpaired) electrons. The van der Waals surface area contributed by atoms with Gasteiger partial charge in [-0.2, -0.15) is 0 Å². The number of piperidine rings is 1. The Morgan fingerprint density at radius 1 is 0.396 bits per heavy atom. The largest absolute Gasteiger partial charge is 0.396 e. The third kappa shape index (κ3) is 28.6. The van der Waals surface area contributed by atoms with Crippen molar-refractivity contribution in [3.63, 3.8) is 0 Å². The lowest BCUT2D eigenvalue weighted by atomic mass is 9.97. The van der Waals surface area contributed by atoms with Crippen LogP contribution in [0.25, 0.3) is 27.9 Å². The summed E-state index contributed by atoms with van der Waals surface area (Å²) < 4.78 is 41.2. The molecular formula is C105H116Cl4F3N15O7S5. The quantitative estimate of drug-likeness (QED) is 0.0186. The minimum Gasteiger partial charge on any atom is -0.396 e. The van der Waals surface area contributed by atoms with Gasteiger partial charge in [0.25, 0.3) is 0 Å². The van der Waals surface area contributed by atoms with Crippen LogP contribution in [0.4, 0.5) is 13.2 Å². The number of nitrogens with zero attached hydrogens (tertiary/aromatic N) is 5. The van der Waals surface area contributed by atoms with Gasteiger partial charge in [-0.3, -0.25) is 24.0 Å². The van der Waals surface area contributed by atoms with Crippen LogP contribution >= 0.6 is 103 Å². The number of halogens is 7. The van der Waals surface area contributed by atoms with E-state index in [1.807, 2.05) is 126 Å². The summed E-state index contributed by atoms with van der Waals surface area (Å²) in [5.74, 6) is -1.91. The molecule has 6 atom stereocenters. The smallest absolute Gasteiger partial charge is 0.248 e. The molecule has 0 bridgehead atoms. The lowest BCUT2D eigenvalue weighted by Gasteiger charge is -2.31. The van der Waals surface area contributed by atoms with Gasteiger partial charge in [0.15, 0.2) is 0 Å². The van der Waals surface area contributed by atoms with Crippen LogP contribution in [-0.4, -0.2) is 110 Å². The van der Waals surface area contributed by atoms with E-state index >= 15 is 0 Å². The Labute approximate surface area is 849 Å². The van der Waals surface area contributed by atoms with Crippen LogP contribution in [0, 0.1) is 59.0 Å². The lowest BCUT2D eigenvalue weighted by Crippen LogP contribution is -2.46. The van der Waals surface area contributed by atoms with E-state index in [1.165, 1.54) is 61.2 Å². The highest BCUT2D eigenvalue weighted by Crippen LogP contribution is 2.40. The Balaban J connectivity index is 0.000000156. The van der Waals surface area contributed by atoms with Gasteiger partial charge >= 0.3 is 0 Å². The molecule has 10 aromatic rings. The maximum atomic E-state index is 13.8. The zero-order chi connectivity index (χ0) is 99.8. The third-order valence-corrected chi connectivity index (χ3v) is 32.1. The number of thiazole rings is 5. The molecule has 16 N–H and O–H groups in total. The zero-order valence-electron chi connectivity index (χ0n) is 78.9. The SMILES string of the molecule is CCc1sc(C(CN)NC(=O)C2=CC=C(c3ccc(C)c(F)c3)C2)nc1C.CCc1sc(C(CN)NC(=O)C2=CC=C(c3ccc(Cl)c(F)c3)C2)nc1C.CCc1sc(C(CN)NC(=O)C2=CC=C(c3ccc(Cl)cc3)C2)nc1C.Cc1nc(C(CN)NC(=O)C2=CC=C(c3ccc(Cl)c(F)c3)C2)sc1CO.Cc1nc(C(NC(=O)C2=CC=C(c3ccc(Cl)cc3)C2)C2CCCCN2)sc1CCCO. The molecule has 5 amide bonds. The number of carbonyl (C=O) groups excluding carboxylic acids is 5. The summed E-state index contributed by atoms with van der Waals surface area (Å²) in [6.07, 6.45) is 28.7. The number of benzene rings is 5. The first-order valence-electron chi connectivity index (χ1n) is 46.1. The molecule has 1 fully saturated rings. The fraction of sp³-hybridized carbons (Fsp3) is 0.333. The van der Waals surface area contributed by atoms with Gasteiger partial charge in [-0.1, -0.05) is 183 Å². The van der Waals surface area contributed by atoms with E-state index in [4.69, 9.17) is 74.3 Å². The number of carbonyl (C=O) groups is 5. The van der Waals surface area contributed by atoms with Crippen molar-refractivity contribution in [1.29, 1.82) is 0 Å². The van der Waals surface area contributed by atoms with Crippen molar-refractivity contribution in [3.05, 3.63) is 341 Å². The second kappa shape index (κ2) is 51.4. The summed E-state index contributed by atoms with van der Waals surface area (Å²) in [6, 6.07) is 28.5. The first kappa shape index (κ1) is 108. The van der Waals surface area contributed by atoms with Crippen molar-refractivity contribution in [3.8, 4) is 0 Å². The summed E-state index contributed by atoms with van der Waals surface area (Å²) in [5, 5.41) is 43.0. The van der Waals surface area contributed by atoms with Gasteiger partial charge in [-0.05, 0) is 209 Å². The maximum absolute atomic E-state index is 13.8. The number of aliphatic hydroxyl groups is 2. The number of hydrogen-bond acceptors (Lipinski definition) is 22. The van der Waals surface area contributed by atoms with Crippen LogP contribution in [-0.2, 0) is 56.3 Å². The zero-order valence-corrected chi connectivity index (χ0v) is 86.0. The molecule has 22 nitrogen and oxygen atoms in total. The molecule has 0 saturated carbocycles. The summed E-state index contributed by atoms with van der Waals surface area (Å²) in [5.41, 5.74) is 41.4. The van der Waals surface area contributed by atoms with E-state index in [2.05, 4.69) is 72.6 Å². The van der Waals surface area contributed by atoms with Crippen molar-refractivity contribution in [2.45, 2.75) is 189 Å². The van der Waals surface area contributed by atoms with E-state index in [0.717, 1.165) is 173 Å². The number of aryl methyl sites for hydroxylation is 10. The predicted octanol–water partition coefficient (Wildman–Crippen LogP) is 20.5. The molecule has 139 heavy (non-hydrogen) atoms. The fourth-order valence-electron chi connectivity index (χ4n) is 16.1. The molecule has 6 aliphatic rings. The minimum absolute atomic E-state index is 0.0349. The summed E-state index contributed by atoms with van der Waals surface area (Å²) in [6.45, 7) is 19.9. The summed E-state index contributed by atoms with van der Waals surface area (Å²) in [4.78, 5) is 92.4. The highest BCUT2D eigenvalue weighted by Gasteiger charge is 2.34. The standard InChI is InChI=1S/C25H30ClN3O2S.C21H24FN3OS.C20H21ClFN3OS.C20H22ClN3OS.C19H19ClFN3O2S/c1-16-22(6-4-14-30)32-25(28-16)23(21-5-2-3-13-27-21)29-24(31)19-8-7-18(15-19)17-9-11-20(26)12-10-17;1-4-19-13(3)24-21(27-19)18(11-23)25-20(26)16-8-7-14(9-16)15-6-5-12(2)17(22)10-15;1-3-18-11(2)24-20(27-18)17(10-23)25-19(26)14-5-4-12(8-14)13-6-7-15(21)16(22)9-13;1-3-18-12(2)23-20(26-18)17(11-22)24-19(25)15-5-4-14(10-15)13-6-8-16(21)9-7-13;1-10-17(9-25)27-19(23-10)16(8-22)24-18(26)13-3-2-11(6-13)12-4-5-14(20)15(21)7-12/h7-12,21,23,27,30H,2-6,13-15H2,1H3,(H,29,31);5-8,10,18H,4,9,11,23H2,1-3H3,(H,25,26);4-7,9,17H,3,8,10,23H2,1-2H3,(H,25,26);4-9,17H,3,10-11,22H2,1-2H3,(H,24,25);2-5,7,16,25H,6,8-9,22H2,1H3,(H,24,26). The van der Waals surface area contributed by atoms with Crippen molar-refractivity contribution >= 4 is 160 Å². The molecule has 6 heterocycles. The number of amides is 5. The highest BCUT2D eigenvalue weighted by atomic mass is 35.5. The van der Waals surface area contributed by atoms with Gasteiger partial charge < -0.3 is 65.0 Å². The van der Waals surface area contributed by atoms with E-state index in [0.29, 0.717) is 88.1 Å². The first-order valence-corrected chi connectivity index (χ1v) is 51.7. The highest BCUT2D eigenvalue weighted by molar-refractivity contribution is 7.13. The molecule has 0 spiro atoms. The number of nitrogens with two attached hydrogens (primary N) is 4. The molecule has 5 aliphatic carbocycles. The number of aliphatic hydroxyl groups excluding tert-OH is 2. The monoisotopic (exact) mass is 2060 g/mol. The van der Waals surface area contributed by atoms with Crippen molar-refractivity contribution in [1.82, 2.24) is 56.8 Å². The van der Waals surface area contributed by atoms with Crippen molar-refractivity contribution in [2.75, 3.05) is 39.3 Å². The van der Waals surface area contributed by atoms with Gasteiger partial charge in [-0.25, -0.2) is 38.1 Å². The van der Waals surface area contributed by atoms with Crippen LogP contribution in [0.1, 0.15) is 220 Å². The van der Waals surface area contributed by atoms with Crippen LogP contribution < -0.4 is 54.8 Å². The van der Waals surface area contributed by atoms with Gasteiger partial charge in [0, 0.05) is 128 Å². The Morgan fingerprint density at radius 3 is 1.00 bits per heavy atom. The van der Waals surface area contributed by atoms with E-state index in [1.54, 1.807) is 94.8 Å². The Bertz CT molecular complexity index is 6100. The maximum Gasteiger partial charge on any atom is 0.248 e. The van der Waals surface area contributed by atoms with E-state index in [-0.39, 0.29) is 102 Å². The van der Waals surface area contributed by atoms with Gasteiger partial charge in [0.05, 0.1) is 80.2 Å². The first-order chi connectivity index (χ1) is 66.8. The Hall–Kier alpha value is -10.3. The van der Waals surface area contributed by atoms with Crippen molar-refractivity contribution < 1.29 is 47.4 Å². The van der Waals surface area contributed by atoms with Gasteiger partial charge in [0.1, 0.15) is 42.5 Å². The number of rotatable bonds is 32. The average molecular weight is 2060 g/mol. The molecule has 5 aromatic heterocycles. The Morgan fingerprint density at radius 2 is 0.698 bits per heavy atom. The number of hydrogen-bond donors (Lipinski definition) is 12. The molecule has 5 aromatic carbocycles. The second-order valence-corrected chi connectivity index (χ2v) is 41.2. The number of nitrogens with one attached hydrogen (secondary N) is 6. The normalized spacial score (nSPS) is 15.8. The average Bonchev–Trinajstić information content (AvgIpc) is 1.65. The third-order valence-electron chi connectivity index (χ3n) is 24.2. The molecule has 732 valence electrons. The predicted molar refractivity (Wildman–Crippen MR) is 560 cm³/mol. The van der Waals surface area contributed by atoms with Crippen LogP contribution in [0.2, 0.25) is 20.1 Å². The second-order valence-electron chi connectivity index (χ2n) is 33.9. The number of allylic oxidation sites excluding steroid dienone is 15. The molecule has 16 rings (SSSR count). The molecule has 6 unspecified atom stereocenters. The number of aromatic nitrogens is 5. The molecular weight excluding hydrogens is 1940 g/mol.